The van der Waals surface area contributed by atoms with Gasteiger partial charge in [0.15, 0.2) is 0 Å². The third kappa shape index (κ3) is 3.62. The van der Waals surface area contributed by atoms with Crippen LogP contribution in [0.15, 0.2) is 47.4 Å². The number of piperazine rings is 1. The lowest BCUT2D eigenvalue weighted by molar-refractivity contribution is 0.384. The number of anilines is 1. The number of hydrogen-bond donors (Lipinski definition) is 0. The van der Waals surface area contributed by atoms with Crippen LogP contribution in [0, 0.1) is 12.7 Å². The monoisotopic (exact) mass is 364 g/mol. The van der Waals surface area contributed by atoms with Crippen molar-refractivity contribution in [1.29, 1.82) is 0 Å². The highest BCUT2D eigenvalue weighted by molar-refractivity contribution is 7.89. The fourth-order valence-corrected chi connectivity index (χ4v) is 4.63. The second-order valence-electron chi connectivity index (χ2n) is 6.00. The summed E-state index contributed by atoms with van der Waals surface area (Å²) in [5.41, 5.74) is 1.58. The number of halogens is 1. The quantitative estimate of drug-likeness (QED) is 0.837. The van der Waals surface area contributed by atoms with Crippen LogP contribution in [0.5, 0.6) is 5.75 Å². The van der Waals surface area contributed by atoms with Gasteiger partial charge < -0.3 is 9.64 Å². The first-order valence-electron chi connectivity index (χ1n) is 8.07. The third-order valence-electron chi connectivity index (χ3n) is 4.44. The van der Waals surface area contributed by atoms with Crippen molar-refractivity contribution in [2.45, 2.75) is 11.8 Å². The Balaban J connectivity index is 1.73. The molecule has 2 aromatic rings. The second kappa shape index (κ2) is 7.01. The minimum absolute atomic E-state index is 0.0467. The molecule has 1 fully saturated rings. The van der Waals surface area contributed by atoms with E-state index in [0.717, 1.165) is 17.5 Å². The largest absolute Gasteiger partial charge is 0.497 e. The molecular weight excluding hydrogens is 343 g/mol. The molecule has 0 saturated carbocycles. The Labute approximate surface area is 147 Å². The summed E-state index contributed by atoms with van der Waals surface area (Å²) in [6, 6.07) is 11.6. The van der Waals surface area contributed by atoms with E-state index in [1.165, 1.54) is 16.4 Å². The van der Waals surface area contributed by atoms with Gasteiger partial charge in [0.1, 0.15) is 11.6 Å². The zero-order valence-corrected chi connectivity index (χ0v) is 15.1. The number of hydrogen-bond acceptors (Lipinski definition) is 4. The third-order valence-corrected chi connectivity index (χ3v) is 6.48. The smallest absolute Gasteiger partial charge is 0.243 e. The van der Waals surface area contributed by atoms with E-state index in [-0.39, 0.29) is 4.90 Å². The normalized spacial score (nSPS) is 16.0. The number of ether oxygens (including phenoxy) is 1. The Morgan fingerprint density at radius 2 is 1.64 bits per heavy atom. The van der Waals surface area contributed by atoms with E-state index in [1.807, 2.05) is 24.3 Å². The zero-order chi connectivity index (χ0) is 18.0. The van der Waals surface area contributed by atoms with Crippen molar-refractivity contribution in [3.8, 4) is 5.75 Å². The molecule has 0 aromatic heterocycles. The summed E-state index contributed by atoms with van der Waals surface area (Å²) < 4.78 is 45.7. The van der Waals surface area contributed by atoms with Crippen LogP contribution < -0.4 is 9.64 Å². The van der Waals surface area contributed by atoms with Crippen molar-refractivity contribution >= 4 is 15.7 Å². The lowest BCUT2D eigenvalue weighted by atomic mass is 10.2. The van der Waals surface area contributed by atoms with E-state index in [2.05, 4.69) is 4.90 Å². The molecule has 3 rings (SSSR count). The highest BCUT2D eigenvalue weighted by atomic mass is 32.2. The van der Waals surface area contributed by atoms with Gasteiger partial charge in [-0.25, -0.2) is 12.8 Å². The van der Waals surface area contributed by atoms with Crippen molar-refractivity contribution in [3.63, 3.8) is 0 Å². The maximum Gasteiger partial charge on any atom is 0.243 e. The Kier molecular flexibility index (Phi) is 4.96. The Morgan fingerprint density at radius 1 is 1.00 bits per heavy atom. The van der Waals surface area contributed by atoms with Gasteiger partial charge in [0.05, 0.1) is 12.0 Å². The minimum Gasteiger partial charge on any atom is -0.497 e. The summed E-state index contributed by atoms with van der Waals surface area (Å²) in [7, 11) is -2.07. The Bertz CT molecular complexity index is 845. The number of benzene rings is 2. The molecule has 5 nitrogen and oxygen atoms in total. The SMILES string of the molecule is COc1ccc(N2CCN(S(=O)(=O)c3cc(F)ccc3C)CC2)cc1. The van der Waals surface area contributed by atoms with Crippen LogP contribution >= 0.6 is 0 Å². The molecule has 134 valence electrons. The number of methoxy groups -OCH3 is 1. The lowest BCUT2D eigenvalue weighted by Crippen LogP contribution is -2.48. The van der Waals surface area contributed by atoms with Crippen LogP contribution in [0.1, 0.15) is 5.56 Å². The van der Waals surface area contributed by atoms with Gasteiger partial charge in [0, 0.05) is 31.9 Å². The topological polar surface area (TPSA) is 49.9 Å². The number of rotatable bonds is 4. The summed E-state index contributed by atoms with van der Waals surface area (Å²) in [4.78, 5) is 2.18. The second-order valence-corrected chi connectivity index (χ2v) is 7.91. The van der Waals surface area contributed by atoms with Crippen LogP contribution in [0.3, 0.4) is 0 Å². The Morgan fingerprint density at radius 3 is 2.24 bits per heavy atom. The van der Waals surface area contributed by atoms with Gasteiger partial charge in [-0.3, -0.25) is 0 Å². The highest BCUT2D eigenvalue weighted by Gasteiger charge is 2.30. The zero-order valence-electron chi connectivity index (χ0n) is 14.3. The molecule has 0 atom stereocenters. The summed E-state index contributed by atoms with van der Waals surface area (Å²) in [6.07, 6.45) is 0. The average molecular weight is 364 g/mol. The number of nitrogens with zero attached hydrogens (tertiary/aromatic N) is 2. The molecule has 0 unspecified atom stereocenters. The van der Waals surface area contributed by atoms with E-state index < -0.39 is 15.8 Å². The summed E-state index contributed by atoms with van der Waals surface area (Å²) >= 11 is 0. The molecule has 0 bridgehead atoms. The van der Waals surface area contributed by atoms with E-state index in [0.29, 0.717) is 31.7 Å². The molecule has 0 amide bonds. The molecule has 7 heteroatoms. The first-order chi connectivity index (χ1) is 11.9. The van der Waals surface area contributed by atoms with Gasteiger partial charge in [-0.15, -0.1) is 0 Å². The maximum atomic E-state index is 13.5. The van der Waals surface area contributed by atoms with Crippen LogP contribution in [-0.2, 0) is 10.0 Å². The van der Waals surface area contributed by atoms with E-state index in [9.17, 15) is 12.8 Å². The van der Waals surface area contributed by atoms with E-state index in [4.69, 9.17) is 4.74 Å². The van der Waals surface area contributed by atoms with E-state index in [1.54, 1.807) is 14.0 Å². The Hall–Kier alpha value is -2.12. The van der Waals surface area contributed by atoms with Crippen LogP contribution in [-0.4, -0.2) is 46.0 Å². The molecule has 25 heavy (non-hydrogen) atoms. The molecule has 1 heterocycles. The first-order valence-corrected chi connectivity index (χ1v) is 9.51. The predicted molar refractivity (Wildman–Crippen MR) is 95.1 cm³/mol. The standard InChI is InChI=1S/C18H21FN2O3S/c1-14-3-4-15(19)13-18(14)25(22,23)21-11-9-20(10-12-21)16-5-7-17(24-2)8-6-16/h3-8,13H,9-12H2,1-2H3. The molecule has 1 aliphatic heterocycles. The van der Waals surface area contributed by atoms with Gasteiger partial charge >= 0.3 is 0 Å². The van der Waals surface area contributed by atoms with Crippen LogP contribution in [0.4, 0.5) is 10.1 Å². The maximum absolute atomic E-state index is 13.5. The summed E-state index contributed by atoms with van der Waals surface area (Å²) in [5, 5.41) is 0. The molecule has 1 aliphatic rings. The summed E-state index contributed by atoms with van der Waals surface area (Å²) in [5.74, 6) is 0.243. The summed E-state index contributed by atoms with van der Waals surface area (Å²) in [6.45, 7) is 3.58. The average Bonchev–Trinajstić information content (AvgIpc) is 2.64. The predicted octanol–water partition coefficient (Wildman–Crippen LogP) is 2.65. The van der Waals surface area contributed by atoms with Gasteiger partial charge in [0.25, 0.3) is 0 Å². The van der Waals surface area contributed by atoms with Gasteiger partial charge in [-0.2, -0.15) is 4.31 Å². The highest BCUT2D eigenvalue weighted by Crippen LogP contribution is 2.25. The van der Waals surface area contributed by atoms with Gasteiger partial charge in [-0.1, -0.05) is 6.07 Å². The fourth-order valence-electron chi connectivity index (χ4n) is 2.97. The van der Waals surface area contributed by atoms with Crippen molar-refractivity contribution in [2.24, 2.45) is 0 Å². The number of aryl methyl sites for hydroxylation is 1. The number of sulfonamides is 1. The molecule has 0 aliphatic carbocycles. The minimum atomic E-state index is -3.68. The molecule has 0 radical (unpaired) electrons. The van der Waals surface area contributed by atoms with Crippen molar-refractivity contribution in [3.05, 3.63) is 53.8 Å². The van der Waals surface area contributed by atoms with Crippen molar-refractivity contribution < 1.29 is 17.5 Å². The first kappa shape index (κ1) is 17.7. The molecule has 1 saturated heterocycles. The molecule has 2 aromatic carbocycles. The molecular formula is C18H21FN2O3S. The van der Waals surface area contributed by atoms with Crippen LogP contribution in [0.2, 0.25) is 0 Å². The van der Waals surface area contributed by atoms with Crippen molar-refractivity contribution in [1.82, 2.24) is 4.31 Å². The van der Waals surface area contributed by atoms with E-state index >= 15 is 0 Å². The van der Waals surface area contributed by atoms with Gasteiger partial charge in [-0.05, 0) is 48.9 Å². The van der Waals surface area contributed by atoms with Crippen LogP contribution in [0.25, 0.3) is 0 Å². The molecule has 0 N–H and O–H groups in total. The lowest BCUT2D eigenvalue weighted by Gasteiger charge is -2.35. The van der Waals surface area contributed by atoms with Crippen molar-refractivity contribution in [2.75, 3.05) is 38.2 Å². The molecule has 0 spiro atoms. The fraction of sp³-hybridized carbons (Fsp3) is 0.333. The van der Waals surface area contributed by atoms with Gasteiger partial charge in [0.2, 0.25) is 10.0 Å².